The predicted octanol–water partition coefficient (Wildman–Crippen LogP) is 1.85. The lowest BCUT2D eigenvalue weighted by atomic mass is 10.3. The van der Waals surface area contributed by atoms with Crippen LogP contribution in [0.15, 0.2) is 0 Å². The zero-order chi connectivity index (χ0) is 15.5. The summed E-state index contributed by atoms with van der Waals surface area (Å²) in [7, 11) is 4.17. The Bertz CT molecular complexity index is 399. The van der Waals surface area contributed by atoms with E-state index < -0.39 is 0 Å². The normalized spacial score (nSPS) is 10.7. The fourth-order valence-electron chi connectivity index (χ4n) is 1.70. The molecule has 0 amide bonds. The average molecular weight is 296 g/mol. The highest BCUT2D eigenvalue weighted by Gasteiger charge is 2.06. The molecule has 2 N–H and O–H groups in total. The molecular weight excluding hydrogens is 268 g/mol. The van der Waals surface area contributed by atoms with E-state index in [-0.39, 0.29) is 0 Å². The molecule has 0 aromatic carbocycles. The van der Waals surface area contributed by atoms with Crippen molar-refractivity contribution in [3.63, 3.8) is 0 Å². The van der Waals surface area contributed by atoms with Gasteiger partial charge in [0.15, 0.2) is 0 Å². The highest BCUT2D eigenvalue weighted by Crippen LogP contribution is 2.11. The second-order valence-corrected chi connectivity index (χ2v) is 5.06. The molecular formula is C14H28N6O. The number of ether oxygens (including phenoxy) is 1. The Labute approximate surface area is 127 Å². The Morgan fingerprint density at radius 3 is 2.19 bits per heavy atom. The molecule has 7 heteroatoms. The summed E-state index contributed by atoms with van der Waals surface area (Å²) in [6, 6.07) is 0.363. The topological polar surface area (TPSA) is 75.2 Å². The van der Waals surface area contributed by atoms with Crippen molar-refractivity contribution in [2.24, 2.45) is 0 Å². The number of nitrogens with one attached hydrogen (secondary N) is 2. The van der Waals surface area contributed by atoms with Crippen molar-refractivity contribution in [3.05, 3.63) is 0 Å². The Hall–Kier alpha value is -1.63. The van der Waals surface area contributed by atoms with E-state index in [2.05, 4.69) is 51.5 Å². The van der Waals surface area contributed by atoms with Gasteiger partial charge in [-0.15, -0.1) is 0 Å². The van der Waals surface area contributed by atoms with Crippen molar-refractivity contribution in [2.75, 3.05) is 51.0 Å². The van der Waals surface area contributed by atoms with Crippen molar-refractivity contribution in [3.8, 4) is 6.01 Å². The van der Waals surface area contributed by atoms with E-state index >= 15 is 0 Å². The fraction of sp³-hybridized carbons (Fsp3) is 0.786. The summed E-state index contributed by atoms with van der Waals surface area (Å²) >= 11 is 0. The second kappa shape index (κ2) is 10.1. The average Bonchev–Trinajstić information content (AvgIpc) is 2.44. The lowest BCUT2D eigenvalue weighted by molar-refractivity contribution is 0.312. The predicted molar refractivity (Wildman–Crippen MR) is 86.1 cm³/mol. The van der Waals surface area contributed by atoms with Gasteiger partial charge in [0.2, 0.25) is 11.9 Å². The van der Waals surface area contributed by atoms with E-state index in [1.807, 2.05) is 6.92 Å². The molecule has 0 saturated heterocycles. The van der Waals surface area contributed by atoms with Gasteiger partial charge in [0.05, 0.1) is 6.61 Å². The summed E-state index contributed by atoms with van der Waals surface area (Å²) in [6.07, 6.45) is 3.23. The zero-order valence-electron chi connectivity index (χ0n) is 13.6. The first-order chi connectivity index (χ1) is 10.2. The Morgan fingerprint density at radius 2 is 1.62 bits per heavy atom. The lowest BCUT2D eigenvalue weighted by Crippen LogP contribution is -2.15. The van der Waals surface area contributed by atoms with Crippen molar-refractivity contribution in [2.45, 2.75) is 33.1 Å². The van der Waals surface area contributed by atoms with Gasteiger partial charge in [0, 0.05) is 13.1 Å². The summed E-state index contributed by atoms with van der Waals surface area (Å²) in [4.78, 5) is 15.0. The van der Waals surface area contributed by atoms with Gasteiger partial charge in [0.25, 0.3) is 0 Å². The van der Waals surface area contributed by atoms with Crippen LogP contribution in [0.2, 0.25) is 0 Å². The molecule has 0 aliphatic heterocycles. The van der Waals surface area contributed by atoms with E-state index in [1.54, 1.807) is 0 Å². The molecule has 0 aliphatic carbocycles. The van der Waals surface area contributed by atoms with E-state index in [0.717, 1.165) is 38.9 Å². The molecule has 0 radical (unpaired) electrons. The Balaban J connectivity index is 2.52. The maximum absolute atomic E-state index is 5.38. The largest absolute Gasteiger partial charge is 0.464 e. The second-order valence-electron chi connectivity index (χ2n) is 5.06. The number of nitrogens with zero attached hydrogens (tertiary/aromatic N) is 4. The molecule has 21 heavy (non-hydrogen) atoms. The maximum Gasteiger partial charge on any atom is 0.323 e. The third-order valence-electron chi connectivity index (χ3n) is 2.74. The van der Waals surface area contributed by atoms with Crippen LogP contribution in [0.5, 0.6) is 6.01 Å². The van der Waals surface area contributed by atoms with Gasteiger partial charge in [0.1, 0.15) is 0 Å². The first-order valence-corrected chi connectivity index (χ1v) is 7.67. The molecule has 0 spiro atoms. The summed E-state index contributed by atoms with van der Waals surface area (Å²) in [6.45, 7) is 7.32. The number of unbranched alkanes of at least 4 members (excludes halogenated alkanes) is 1. The van der Waals surface area contributed by atoms with E-state index in [1.165, 1.54) is 0 Å². The molecule has 1 aromatic heterocycles. The quantitative estimate of drug-likeness (QED) is 0.603. The minimum Gasteiger partial charge on any atom is -0.464 e. The maximum atomic E-state index is 5.38. The van der Waals surface area contributed by atoms with Crippen LogP contribution in [0, 0.1) is 0 Å². The van der Waals surface area contributed by atoms with Crippen molar-refractivity contribution in [1.29, 1.82) is 0 Å². The first-order valence-electron chi connectivity index (χ1n) is 7.67. The van der Waals surface area contributed by atoms with Crippen LogP contribution in [0.1, 0.15) is 33.1 Å². The molecule has 0 unspecified atom stereocenters. The van der Waals surface area contributed by atoms with Crippen LogP contribution in [-0.4, -0.2) is 60.2 Å². The Kier molecular flexibility index (Phi) is 8.42. The SMILES string of the molecule is CCCNc1nc(NCCCCN(C)C)nc(OCC)n1. The van der Waals surface area contributed by atoms with E-state index in [9.17, 15) is 0 Å². The van der Waals surface area contributed by atoms with Crippen LogP contribution in [0.4, 0.5) is 11.9 Å². The highest BCUT2D eigenvalue weighted by molar-refractivity contribution is 5.35. The van der Waals surface area contributed by atoms with Gasteiger partial charge in [-0.25, -0.2) is 0 Å². The number of anilines is 2. The molecule has 1 heterocycles. The standard InChI is InChI=1S/C14H28N6O/c1-5-9-15-12-17-13(19-14(18-12)21-6-2)16-10-7-8-11-20(3)4/h5-11H2,1-4H3,(H2,15,16,17,18,19). The molecule has 1 rings (SSSR count). The van der Waals surface area contributed by atoms with Gasteiger partial charge >= 0.3 is 6.01 Å². The third kappa shape index (κ3) is 7.65. The smallest absolute Gasteiger partial charge is 0.323 e. The molecule has 0 atom stereocenters. The monoisotopic (exact) mass is 296 g/mol. The molecule has 0 fully saturated rings. The lowest BCUT2D eigenvalue weighted by Gasteiger charge is -2.11. The molecule has 120 valence electrons. The summed E-state index contributed by atoms with van der Waals surface area (Å²) in [5.41, 5.74) is 0. The Morgan fingerprint density at radius 1 is 0.952 bits per heavy atom. The van der Waals surface area contributed by atoms with Crippen molar-refractivity contribution >= 4 is 11.9 Å². The van der Waals surface area contributed by atoms with Crippen LogP contribution >= 0.6 is 0 Å². The zero-order valence-corrected chi connectivity index (χ0v) is 13.6. The number of hydrogen-bond acceptors (Lipinski definition) is 7. The minimum absolute atomic E-state index is 0.363. The summed E-state index contributed by atoms with van der Waals surface area (Å²) < 4.78 is 5.38. The summed E-state index contributed by atoms with van der Waals surface area (Å²) in [5, 5.41) is 6.39. The van der Waals surface area contributed by atoms with Crippen LogP contribution < -0.4 is 15.4 Å². The van der Waals surface area contributed by atoms with E-state index in [4.69, 9.17) is 4.74 Å². The molecule has 0 saturated carbocycles. The molecule has 1 aromatic rings. The number of hydrogen-bond donors (Lipinski definition) is 2. The highest BCUT2D eigenvalue weighted by atomic mass is 16.5. The van der Waals surface area contributed by atoms with Crippen molar-refractivity contribution in [1.82, 2.24) is 19.9 Å². The molecule has 0 bridgehead atoms. The van der Waals surface area contributed by atoms with Crippen LogP contribution in [-0.2, 0) is 0 Å². The molecule has 7 nitrogen and oxygen atoms in total. The van der Waals surface area contributed by atoms with Crippen LogP contribution in [0.25, 0.3) is 0 Å². The van der Waals surface area contributed by atoms with Gasteiger partial charge in [-0.2, -0.15) is 15.0 Å². The minimum atomic E-state index is 0.363. The number of rotatable bonds is 11. The van der Waals surface area contributed by atoms with Gasteiger partial charge in [-0.3, -0.25) is 0 Å². The number of aromatic nitrogens is 3. The van der Waals surface area contributed by atoms with Gasteiger partial charge in [-0.1, -0.05) is 6.92 Å². The van der Waals surface area contributed by atoms with E-state index in [0.29, 0.717) is 24.5 Å². The first kappa shape index (κ1) is 17.4. The fourth-order valence-corrected chi connectivity index (χ4v) is 1.70. The summed E-state index contributed by atoms with van der Waals surface area (Å²) in [5.74, 6) is 1.13. The van der Waals surface area contributed by atoms with Crippen LogP contribution in [0.3, 0.4) is 0 Å². The third-order valence-corrected chi connectivity index (χ3v) is 2.74. The van der Waals surface area contributed by atoms with Crippen molar-refractivity contribution < 1.29 is 4.74 Å². The molecule has 0 aliphatic rings. The van der Waals surface area contributed by atoms with Gasteiger partial charge < -0.3 is 20.3 Å². The van der Waals surface area contributed by atoms with Gasteiger partial charge in [-0.05, 0) is 46.8 Å².